The predicted molar refractivity (Wildman–Crippen MR) is 110 cm³/mol. The summed E-state index contributed by atoms with van der Waals surface area (Å²) in [5.41, 5.74) is 1.81. The molecule has 0 saturated heterocycles. The average molecular weight is 409 g/mol. The zero-order valence-electron chi connectivity index (χ0n) is 16.6. The Morgan fingerprint density at radius 2 is 1.54 bits per heavy atom. The number of benzene rings is 2. The summed E-state index contributed by atoms with van der Waals surface area (Å²) in [5, 5.41) is 28.4. The first kappa shape index (κ1) is 22.5. The van der Waals surface area contributed by atoms with E-state index in [1.165, 1.54) is 0 Å². The summed E-state index contributed by atoms with van der Waals surface area (Å²) in [6.45, 7) is 6.03. The second-order valence-corrected chi connectivity index (χ2v) is 7.72. The third-order valence-electron chi connectivity index (χ3n) is 4.79. The molecular formula is C22H29ClO5. The monoisotopic (exact) mass is 408 g/mol. The zero-order valence-corrected chi connectivity index (χ0v) is 17.3. The minimum absolute atomic E-state index is 0.0447. The summed E-state index contributed by atoms with van der Waals surface area (Å²) in [4.78, 5) is 0. The van der Waals surface area contributed by atoms with Gasteiger partial charge in [-0.3, -0.25) is 0 Å². The van der Waals surface area contributed by atoms with Crippen LogP contribution in [-0.2, 0) is 5.41 Å². The molecule has 2 aromatic rings. The van der Waals surface area contributed by atoms with Gasteiger partial charge in [-0.1, -0.05) is 50.6 Å². The second kappa shape index (κ2) is 10.1. The van der Waals surface area contributed by atoms with Crippen molar-refractivity contribution in [3.63, 3.8) is 0 Å². The number of halogens is 1. The van der Waals surface area contributed by atoms with E-state index in [2.05, 4.69) is 13.8 Å². The maximum Gasteiger partial charge on any atom is 0.138 e. The van der Waals surface area contributed by atoms with E-state index < -0.39 is 12.2 Å². The van der Waals surface area contributed by atoms with Crippen molar-refractivity contribution in [3.05, 3.63) is 58.6 Å². The summed E-state index contributed by atoms with van der Waals surface area (Å²) in [5.74, 6) is 1.18. The molecule has 2 atom stereocenters. The van der Waals surface area contributed by atoms with E-state index >= 15 is 0 Å². The van der Waals surface area contributed by atoms with E-state index in [9.17, 15) is 10.2 Å². The Hall–Kier alpha value is -1.79. The van der Waals surface area contributed by atoms with Gasteiger partial charge in [0.1, 0.15) is 30.8 Å². The van der Waals surface area contributed by atoms with Crippen molar-refractivity contribution in [3.8, 4) is 11.5 Å². The van der Waals surface area contributed by atoms with Crippen LogP contribution >= 0.6 is 11.6 Å². The van der Waals surface area contributed by atoms with Crippen LogP contribution < -0.4 is 9.47 Å². The molecular weight excluding hydrogens is 380 g/mol. The number of hydrogen-bond donors (Lipinski definition) is 3. The van der Waals surface area contributed by atoms with Gasteiger partial charge in [0.15, 0.2) is 0 Å². The highest BCUT2D eigenvalue weighted by molar-refractivity contribution is 6.32. The molecule has 6 heteroatoms. The number of hydrogen-bond acceptors (Lipinski definition) is 5. The van der Waals surface area contributed by atoms with E-state index in [-0.39, 0.29) is 25.2 Å². The van der Waals surface area contributed by atoms with Gasteiger partial charge in [-0.25, -0.2) is 0 Å². The van der Waals surface area contributed by atoms with Gasteiger partial charge in [-0.2, -0.15) is 0 Å². The molecule has 0 radical (unpaired) electrons. The molecule has 0 fully saturated rings. The second-order valence-electron chi connectivity index (χ2n) is 7.32. The van der Waals surface area contributed by atoms with Gasteiger partial charge in [0.25, 0.3) is 0 Å². The Morgan fingerprint density at radius 3 is 2.11 bits per heavy atom. The molecule has 0 spiro atoms. The molecule has 0 heterocycles. The number of ether oxygens (including phenoxy) is 2. The van der Waals surface area contributed by atoms with Crippen LogP contribution in [0.3, 0.4) is 0 Å². The van der Waals surface area contributed by atoms with Gasteiger partial charge < -0.3 is 24.8 Å². The lowest BCUT2D eigenvalue weighted by atomic mass is 9.78. The quantitative estimate of drug-likeness (QED) is 0.560. The molecule has 3 N–H and O–H groups in total. The molecule has 0 saturated carbocycles. The van der Waals surface area contributed by atoms with E-state index in [0.717, 1.165) is 11.1 Å². The lowest BCUT2D eigenvalue weighted by molar-refractivity contribution is 0.0536. The molecule has 2 aromatic carbocycles. The lowest BCUT2D eigenvalue weighted by Gasteiger charge is -2.27. The first-order chi connectivity index (χ1) is 13.3. The first-order valence-electron chi connectivity index (χ1n) is 9.41. The normalized spacial score (nSPS) is 13.8. The fourth-order valence-electron chi connectivity index (χ4n) is 2.69. The Bertz CT molecular complexity index is 745. The van der Waals surface area contributed by atoms with Gasteiger partial charge in [0.2, 0.25) is 0 Å². The predicted octanol–water partition coefficient (Wildman–Crippen LogP) is 3.55. The lowest BCUT2D eigenvalue weighted by Crippen LogP contribution is -2.21. The van der Waals surface area contributed by atoms with Gasteiger partial charge in [-0.05, 0) is 41.8 Å². The summed E-state index contributed by atoms with van der Waals surface area (Å²) in [6.07, 6.45) is -0.773. The molecule has 0 amide bonds. The summed E-state index contributed by atoms with van der Waals surface area (Å²) >= 11 is 6.39. The van der Waals surface area contributed by atoms with Gasteiger partial charge in [0, 0.05) is 5.41 Å². The number of rotatable bonds is 10. The molecule has 5 nitrogen and oxygen atoms in total. The largest absolute Gasteiger partial charge is 0.491 e. The van der Waals surface area contributed by atoms with Crippen molar-refractivity contribution >= 4 is 11.6 Å². The minimum atomic E-state index is -0.891. The fraction of sp³-hybridized carbons (Fsp3) is 0.455. The third kappa shape index (κ3) is 5.85. The van der Waals surface area contributed by atoms with Crippen LogP contribution in [0.15, 0.2) is 42.5 Å². The summed E-state index contributed by atoms with van der Waals surface area (Å²) in [6, 6.07) is 13.3. The van der Waals surface area contributed by atoms with Gasteiger partial charge in [-0.15, -0.1) is 0 Å². The van der Waals surface area contributed by atoms with Crippen molar-refractivity contribution in [2.45, 2.75) is 44.8 Å². The Morgan fingerprint density at radius 1 is 0.929 bits per heavy atom. The third-order valence-corrected chi connectivity index (χ3v) is 5.08. The van der Waals surface area contributed by atoms with E-state index in [0.29, 0.717) is 22.9 Å². The molecule has 28 heavy (non-hydrogen) atoms. The SMILES string of the molecule is CC[C@@H](O)COc1ccc(C(C)(C)c2ccc(OC[C@H](O)CO)cc2)cc1Cl. The maximum atomic E-state index is 9.64. The Kier molecular flexibility index (Phi) is 8.13. The highest BCUT2D eigenvalue weighted by Gasteiger charge is 2.24. The molecule has 0 unspecified atom stereocenters. The summed E-state index contributed by atoms with van der Waals surface area (Å²) in [7, 11) is 0. The van der Waals surface area contributed by atoms with Crippen LogP contribution in [-0.4, -0.2) is 47.3 Å². The average Bonchev–Trinajstić information content (AvgIpc) is 2.70. The van der Waals surface area contributed by atoms with Crippen LogP contribution in [0.4, 0.5) is 0 Å². The van der Waals surface area contributed by atoms with E-state index in [1.54, 1.807) is 0 Å². The molecule has 0 aliphatic carbocycles. The topological polar surface area (TPSA) is 79.2 Å². The van der Waals surface area contributed by atoms with E-state index in [4.69, 9.17) is 26.2 Å². The van der Waals surface area contributed by atoms with Crippen LogP contribution in [0.1, 0.15) is 38.3 Å². The molecule has 0 bridgehead atoms. The molecule has 2 rings (SSSR count). The van der Waals surface area contributed by atoms with Crippen molar-refractivity contribution in [2.24, 2.45) is 0 Å². The molecule has 0 aromatic heterocycles. The number of aliphatic hydroxyl groups is 3. The number of aliphatic hydroxyl groups excluding tert-OH is 3. The molecule has 0 aliphatic rings. The highest BCUT2D eigenvalue weighted by atomic mass is 35.5. The first-order valence-corrected chi connectivity index (χ1v) is 9.78. The van der Waals surface area contributed by atoms with Crippen molar-refractivity contribution in [2.75, 3.05) is 19.8 Å². The van der Waals surface area contributed by atoms with Crippen LogP contribution in [0.5, 0.6) is 11.5 Å². The standard InChI is InChI=1S/C22H29ClO5/c1-4-17(25)13-28-21-10-7-16(11-20(21)23)22(2,3)15-5-8-19(9-6-15)27-14-18(26)12-24/h5-11,17-18,24-26H,4,12-14H2,1-3H3/t17-,18-/m1/s1. The molecule has 154 valence electrons. The van der Waals surface area contributed by atoms with Crippen LogP contribution in [0.2, 0.25) is 5.02 Å². The Balaban J connectivity index is 2.11. The highest BCUT2D eigenvalue weighted by Crippen LogP contribution is 2.36. The fourth-order valence-corrected chi connectivity index (χ4v) is 2.93. The van der Waals surface area contributed by atoms with Crippen molar-refractivity contribution in [1.29, 1.82) is 0 Å². The van der Waals surface area contributed by atoms with Crippen LogP contribution in [0, 0.1) is 0 Å². The minimum Gasteiger partial charge on any atom is -0.491 e. The van der Waals surface area contributed by atoms with Crippen molar-refractivity contribution < 1.29 is 24.8 Å². The van der Waals surface area contributed by atoms with Gasteiger partial charge >= 0.3 is 0 Å². The smallest absolute Gasteiger partial charge is 0.138 e. The zero-order chi connectivity index (χ0) is 20.7. The van der Waals surface area contributed by atoms with Crippen LogP contribution in [0.25, 0.3) is 0 Å². The van der Waals surface area contributed by atoms with E-state index in [1.807, 2.05) is 49.4 Å². The molecule has 0 aliphatic heterocycles. The van der Waals surface area contributed by atoms with Gasteiger partial charge in [0.05, 0.1) is 17.7 Å². The Labute approximate surface area is 171 Å². The summed E-state index contributed by atoms with van der Waals surface area (Å²) < 4.78 is 11.1. The maximum absolute atomic E-state index is 9.64. The van der Waals surface area contributed by atoms with Crippen molar-refractivity contribution in [1.82, 2.24) is 0 Å².